The van der Waals surface area contributed by atoms with E-state index < -0.39 is 11.6 Å². The average Bonchev–Trinajstić information content (AvgIpc) is 2.71. The Morgan fingerprint density at radius 2 is 0.893 bits per heavy atom. The molecule has 138 valence electrons. The predicted octanol–water partition coefficient (Wildman–Crippen LogP) is 5.74. The van der Waals surface area contributed by atoms with E-state index in [4.69, 9.17) is 32.7 Å². The van der Waals surface area contributed by atoms with E-state index in [0.717, 1.165) is 0 Å². The number of carbonyl (C=O) groups excluding carboxylic acids is 2. The van der Waals surface area contributed by atoms with Crippen molar-refractivity contribution in [3.05, 3.63) is 105 Å². The van der Waals surface area contributed by atoms with E-state index in [1.807, 2.05) is 0 Å². The highest BCUT2D eigenvalue weighted by Gasteiger charge is 2.36. The van der Waals surface area contributed by atoms with Crippen LogP contribution in [0.25, 0.3) is 0 Å². The highest BCUT2D eigenvalue weighted by Crippen LogP contribution is 2.31. The topological polar surface area (TPSA) is 52.6 Å². The Morgan fingerprint density at radius 1 is 0.536 bits per heavy atom. The number of halogens is 2. The summed E-state index contributed by atoms with van der Waals surface area (Å²) in [6.45, 7) is 0. The lowest BCUT2D eigenvalue weighted by atomic mass is 9.92. The van der Waals surface area contributed by atoms with Crippen LogP contribution in [0.15, 0.2) is 84.3 Å². The van der Waals surface area contributed by atoms with Crippen LogP contribution in [0.4, 0.5) is 0 Å². The normalized spacial score (nSPS) is 13.4. The third kappa shape index (κ3) is 3.52. The molecular formula is C22H12Cl2O4. The first-order valence-corrected chi connectivity index (χ1v) is 9.08. The summed E-state index contributed by atoms with van der Waals surface area (Å²) in [7, 11) is 0. The van der Waals surface area contributed by atoms with Crippen molar-refractivity contribution in [2.24, 2.45) is 0 Å². The molecule has 1 aliphatic rings. The van der Waals surface area contributed by atoms with Gasteiger partial charge in [0, 0.05) is 21.2 Å². The van der Waals surface area contributed by atoms with Crippen molar-refractivity contribution in [3.8, 4) is 11.5 Å². The molecule has 0 aliphatic heterocycles. The highest BCUT2D eigenvalue weighted by atomic mass is 35.5. The minimum absolute atomic E-state index is 0.180. The van der Waals surface area contributed by atoms with Gasteiger partial charge in [0.05, 0.1) is 0 Å². The quantitative estimate of drug-likeness (QED) is 0.549. The van der Waals surface area contributed by atoms with E-state index in [1.54, 1.807) is 72.8 Å². The number of ether oxygens (including phenoxy) is 2. The zero-order valence-electron chi connectivity index (χ0n) is 14.3. The number of Topliss-reactive ketones (excluding diaryl/α,β-unsaturated/α-hetero) is 2. The molecule has 0 N–H and O–H groups in total. The van der Waals surface area contributed by atoms with Gasteiger partial charge < -0.3 is 9.47 Å². The van der Waals surface area contributed by atoms with Gasteiger partial charge in [-0.15, -0.1) is 0 Å². The predicted molar refractivity (Wildman–Crippen MR) is 106 cm³/mol. The molecule has 28 heavy (non-hydrogen) atoms. The molecule has 0 heterocycles. The van der Waals surface area contributed by atoms with Crippen LogP contribution in [0.1, 0.15) is 20.7 Å². The Kier molecular flexibility index (Phi) is 4.90. The van der Waals surface area contributed by atoms with Gasteiger partial charge in [-0.2, -0.15) is 0 Å². The average molecular weight is 411 g/mol. The second-order valence-corrected chi connectivity index (χ2v) is 6.85. The first kappa shape index (κ1) is 18.3. The Morgan fingerprint density at radius 3 is 1.25 bits per heavy atom. The Balaban J connectivity index is 1.80. The Bertz CT molecular complexity index is 1010. The van der Waals surface area contributed by atoms with Gasteiger partial charge in [-0.1, -0.05) is 47.5 Å². The van der Waals surface area contributed by atoms with E-state index in [-0.39, 0.29) is 22.6 Å². The maximum Gasteiger partial charge on any atom is 0.233 e. The smallest absolute Gasteiger partial charge is 0.233 e. The maximum absolute atomic E-state index is 13.0. The summed E-state index contributed by atoms with van der Waals surface area (Å²) in [5, 5.41) is 1.05. The third-order valence-electron chi connectivity index (χ3n) is 4.10. The Labute approximate surface area is 170 Å². The van der Waals surface area contributed by atoms with Crippen molar-refractivity contribution in [1.29, 1.82) is 0 Å². The molecule has 4 rings (SSSR count). The number of hydrogen-bond acceptors (Lipinski definition) is 4. The number of benzene rings is 3. The maximum atomic E-state index is 13.0. The molecular weight excluding hydrogens is 399 g/mol. The summed E-state index contributed by atoms with van der Waals surface area (Å²) in [4.78, 5) is 26.1. The minimum atomic E-state index is -0.436. The zero-order chi connectivity index (χ0) is 19.7. The van der Waals surface area contributed by atoms with Crippen LogP contribution in [-0.2, 0) is 0 Å². The summed E-state index contributed by atoms with van der Waals surface area (Å²) in [6.07, 6.45) is 0. The Hall–Kier alpha value is -3.08. The lowest BCUT2D eigenvalue weighted by Crippen LogP contribution is -2.27. The van der Waals surface area contributed by atoms with Crippen LogP contribution < -0.4 is 9.47 Å². The lowest BCUT2D eigenvalue weighted by Gasteiger charge is -2.21. The fourth-order valence-corrected chi connectivity index (χ4v) is 3.01. The second-order valence-electron chi connectivity index (χ2n) is 5.97. The van der Waals surface area contributed by atoms with Gasteiger partial charge in [0.25, 0.3) is 0 Å². The van der Waals surface area contributed by atoms with Crippen LogP contribution in [0.2, 0.25) is 10.0 Å². The molecule has 0 saturated carbocycles. The third-order valence-corrected chi connectivity index (χ3v) is 4.61. The van der Waals surface area contributed by atoms with E-state index >= 15 is 0 Å². The van der Waals surface area contributed by atoms with Crippen LogP contribution in [0.5, 0.6) is 11.5 Å². The number of fused-ring (bicyclic) bond motifs is 1. The fourth-order valence-electron chi connectivity index (χ4n) is 2.76. The summed E-state index contributed by atoms with van der Waals surface area (Å²) < 4.78 is 11.5. The van der Waals surface area contributed by atoms with Crippen molar-refractivity contribution in [2.45, 2.75) is 0 Å². The number of allylic oxidation sites excluding steroid dienone is 2. The van der Waals surface area contributed by atoms with Crippen molar-refractivity contribution in [3.63, 3.8) is 0 Å². The minimum Gasteiger partial charge on any atom is -0.449 e. The molecule has 0 bridgehead atoms. The molecule has 0 atom stereocenters. The number of ketones is 2. The van der Waals surface area contributed by atoms with Gasteiger partial charge in [-0.3, -0.25) is 9.59 Å². The van der Waals surface area contributed by atoms with Gasteiger partial charge in [0.15, 0.2) is 0 Å². The van der Waals surface area contributed by atoms with Crippen LogP contribution in [0, 0.1) is 0 Å². The largest absolute Gasteiger partial charge is 0.449 e. The van der Waals surface area contributed by atoms with E-state index in [2.05, 4.69) is 0 Å². The van der Waals surface area contributed by atoms with Gasteiger partial charge >= 0.3 is 0 Å². The second kappa shape index (κ2) is 7.50. The molecule has 0 aromatic heterocycles. The molecule has 0 unspecified atom stereocenters. The van der Waals surface area contributed by atoms with E-state index in [1.165, 1.54) is 0 Å². The summed E-state index contributed by atoms with van der Waals surface area (Å²) >= 11 is 11.8. The first-order chi connectivity index (χ1) is 13.5. The molecule has 6 heteroatoms. The van der Waals surface area contributed by atoms with Crippen molar-refractivity contribution in [1.82, 2.24) is 0 Å². The van der Waals surface area contributed by atoms with Crippen molar-refractivity contribution in [2.75, 3.05) is 0 Å². The standard InChI is InChI=1S/C22H12Cl2O4/c23-13-5-9-15(10-6-13)27-21-19(25)17-3-1-2-4-18(17)20(26)22(21)28-16-11-7-14(24)8-12-16/h1-12H. The number of rotatable bonds is 4. The van der Waals surface area contributed by atoms with Crippen LogP contribution in [-0.4, -0.2) is 11.6 Å². The molecule has 4 nitrogen and oxygen atoms in total. The monoisotopic (exact) mass is 410 g/mol. The molecule has 3 aromatic carbocycles. The van der Waals surface area contributed by atoms with Gasteiger partial charge in [-0.05, 0) is 48.5 Å². The summed E-state index contributed by atoms with van der Waals surface area (Å²) in [5.74, 6) is -0.514. The lowest BCUT2D eigenvalue weighted by molar-refractivity contribution is 0.0897. The first-order valence-electron chi connectivity index (χ1n) is 8.32. The number of carbonyl (C=O) groups is 2. The van der Waals surface area contributed by atoms with Crippen molar-refractivity contribution >= 4 is 34.8 Å². The van der Waals surface area contributed by atoms with Gasteiger partial charge in [0.2, 0.25) is 23.1 Å². The van der Waals surface area contributed by atoms with Gasteiger partial charge in [0.1, 0.15) is 11.5 Å². The molecule has 0 amide bonds. The SMILES string of the molecule is O=C1C(Oc2ccc(Cl)cc2)=C(Oc2ccc(Cl)cc2)C(=O)c2ccccc21. The summed E-state index contributed by atoms with van der Waals surface area (Å²) in [5.41, 5.74) is 0.528. The van der Waals surface area contributed by atoms with Crippen LogP contribution >= 0.6 is 23.2 Å². The number of hydrogen-bond donors (Lipinski definition) is 0. The molecule has 0 saturated heterocycles. The fraction of sp³-hybridized carbons (Fsp3) is 0. The zero-order valence-corrected chi connectivity index (χ0v) is 15.8. The van der Waals surface area contributed by atoms with Gasteiger partial charge in [-0.25, -0.2) is 0 Å². The molecule has 0 radical (unpaired) electrons. The molecule has 1 aliphatic carbocycles. The molecule has 0 spiro atoms. The van der Waals surface area contributed by atoms with Crippen molar-refractivity contribution < 1.29 is 19.1 Å². The molecule has 0 fully saturated rings. The van der Waals surface area contributed by atoms with Crippen LogP contribution in [0.3, 0.4) is 0 Å². The molecule has 3 aromatic rings. The van der Waals surface area contributed by atoms with E-state index in [9.17, 15) is 9.59 Å². The highest BCUT2D eigenvalue weighted by molar-refractivity contribution is 6.31. The van der Waals surface area contributed by atoms with E-state index in [0.29, 0.717) is 21.5 Å². The summed E-state index contributed by atoms with van der Waals surface area (Å²) in [6, 6.07) is 19.5.